The first-order chi connectivity index (χ1) is 12.7. The van der Waals surface area contributed by atoms with Gasteiger partial charge in [-0.2, -0.15) is 5.10 Å². The van der Waals surface area contributed by atoms with Gasteiger partial charge in [0, 0.05) is 51.6 Å². The highest BCUT2D eigenvalue weighted by Gasteiger charge is 2.30. The van der Waals surface area contributed by atoms with Crippen molar-refractivity contribution in [2.45, 2.75) is 45.2 Å². The molecule has 0 bridgehead atoms. The number of hydrogen-bond donors (Lipinski definition) is 1. The van der Waals surface area contributed by atoms with Gasteiger partial charge in [0.05, 0.1) is 12.6 Å². The summed E-state index contributed by atoms with van der Waals surface area (Å²) in [7, 11) is 0. The first kappa shape index (κ1) is 19.3. The van der Waals surface area contributed by atoms with Crippen molar-refractivity contribution in [2.75, 3.05) is 52.5 Å². The summed E-state index contributed by atoms with van der Waals surface area (Å²) in [5, 5.41) is 7.99. The van der Waals surface area contributed by atoms with Crippen molar-refractivity contribution in [2.24, 2.45) is 0 Å². The summed E-state index contributed by atoms with van der Waals surface area (Å²) in [6, 6.07) is 2.64. The van der Waals surface area contributed by atoms with E-state index in [0.717, 1.165) is 71.7 Å². The monoisotopic (exact) mass is 363 g/mol. The largest absolute Gasteiger partial charge is 0.380 e. The second kappa shape index (κ2) is 9.48. The molecule has 146 valence electrons. The maximum atomic E-state index is 12.9. The summed E-state index contributed by atoms with van der Waals surface area (Å²) in [5.41, 5.74) is 0.577. The summed E-state index contributed by atoms with van der Waals surface area (Å²) in [4.78, 5) is 17.3. The lowest BCUT2D eigenvalue weighted by Crippen LogP contribution is -2.55. The van der Waals surface area contributed by atoms with Gasteiger partial charge in [0.15, 0.2) is 0 Å². The molecular formula is C19H33N5O2. The fourth-order valence-corrected chi connectivity index (χ4v) is 3.96. The van der Waals surface area contributed by atoms with Gasteiger partial charge in [0.1, 0.15) is 5.69 Å². The molecule has 2 saturated heterocycles. The second-order valence-corrected chi connectivity index (χ2v) is 7.23. The lowest BCUT2D eigenvalue weighted by atomic mass is 10.1. The molecule has 2 atom stereocenters. The van der Waals surface area contributed by atoms with Crippen molar-refractivity contribution in [3.05, 3.63) is 18.0 Å². The number of carbonyl (C=O) groups excluding carboxylic acids is 1. The lowest BCUT2D eigenvalue weighted by molar-refractivity contribution is 0.0336. The highest BCUT2D eigenvalue weighted by molar-refractivity contribution is 5.92. The van der Waals surface area contributed by atoms with Crippen LogP contribution in [0.15, 0.2) is 12.3 Å². The number of rotatable bonds is 7. The third kappa shape index (κ3) is 4.64. The molecule has 2 unspecified atom stereocenters. The van der Waals surface area contributed by atoms with E-state index in [2.05, 4.69) is 22.2 Å². The van der Waals surface area contributed by atoms with Crippen LogP contribution in [0.2, 0.25) is 0 Å². The predicted molar refractivity (Wildman–Crippen MR) is 101 cm³/mol. The molecule has 3 rings (SSSR count). The van der Waals surface area contributed by atoms with E-state index in [9.17, 15) is 4.79 Å². The number of nitrogens with zero attached hydrogens (tertiary/aromatic N) is 4. The Morgan fingerprint density at radius 2 is 2.27 bits per heavy atom. The van der Waals surface area contributed by atoms with Crippen molar-refractivity contribution >= 4 is 5.91 Å². The van der Waals surface area contributed by atoms with Gasteiger partial charge in [-0.15, -0.1) is 0 Å². The molecule has 0 radical (unpaired) electrons. The van der Waals surface area contributed by atoms with E-state index >= 15 is 0 Å². The molecule has 0 aliphatic carbocycles. The van der Waals surface area contributed by atoms with Crippen LogP contribution >= 0.6 is 0 Å². The van der Waals surface area contributed by atoms with Crippen LogP contribution in [-0.2, 0) is 4.74 Å². The average Bonchev–Trinajstić information content (AvgIpc) is 3.18. The molecule has 3 heterocycles. The van der Waals surface area contributed by atoms with Crippen LogP contribution in [0.3, 0.4) is 0 Å². The smallest absolute Gasteiger partial charge is 0.274 e. The maximum Gasteiger partial charge on any atom is 0.274 e. The minimum Gasteiger partial charge on any atom is -0.380 e. The molecule has 1 aromatic heterocycles. The fraction of sp³-hybridized carbons (Fsp3) is 0.789. The summed E-state index contributed by atoms with van der Waals surface area (Å²) in [6.45, 7) is 11.1. The van der Waals surface area contributed by atoms with Gasteiger partial charge in [-0.05, 0) is 38.8 Å². The Balaban J connectivity index is 1.57. The number of aromatic nitrogens is 2. The molecule has 0 spiro atoms. The Morgan fingerprint density at radius 3 is 3.00 bits per heavy atom. The maximum absolute atomic E-state index is 12.9. The van der Waals surface area contributed by atoms with Crippen molar-refractivity contribution in [3.63, 3.8) is 0 Å². The van der Waals surface area contributed by atoms with E-state index < -0.39 is 0 Å². The highest BCUT2D eigenvalue weighted by Crippen LogP contribution is 2.18. The van der Waals surface area contributed by atoms with Crippen molar-refractivity contribution in [1.29, 1.82) is 0 Å². The van der Waals surface area contributed by atoms with Gasteiger partial charge in [-0.25, -0.2) is 0 Å². The number of nitrogens with one attached hydrogen (secondary N) is 1. The Bertz CT molecular complexity index is 570. The Kier molecular flexibility index (Phi) is 7.05. The molecule has 1 aromatic rings. The number of amides is 1. The Hall–Kier alpha value is -1.44. The Labute approximate surface area is 156 Å². The third-order valence-electron chi connectivity index (χ3n) is 5.56. The predicted octanol–water partition coefficient (Wildman–Crippen LogP) is 1.38. The topological polar surface area (TPSA) is 62.6 Å². The molecular weight excluding hydrogens is 330 g/mol. The van der Waals surface area contributed by atoms with Crippen LogP contribution in [0.25, 0.3) is 0 Å². The Morgan fingerprint density at radius 1 is 1.38 bits per heavy atom. The molecule has 2 fully saturated rings. The number of carbonyl (C=O) groups is 1. The van der Waals surface area contributed by atoms with Gasteiger partial charge >= 0.3 is 0 Å². The molecule has 7 heteroatoms. The molecule has 2 aliphatic heterocycles. The molecule has 0 saturated carbocycles. The number of ether oxygens (including phenoxy) is 1. The third-order valence-corrected chi connectivity index (χ3v) is 5.56. The van der Waals surface area contributed by atoms with Gasteiger partial charge in [-0.1, -0.05) is 6.92 Å². The molecule has 26 heavy (non-hydrogen) atoms. The van der Waals surface area contributed by atoms with E-state index in [0.29, 0.717) is 17.8 Å². The summed E-state index contributed by atoms with van der Waals surface area (Å²) < 4.78 is 7.46. The first-order valence-electron chi connectivity index (χ1n) is 10.1. The van der Waals surface area contributed by atoms with Gasteiger partial charge in [0.2, 0.25) is 0 Å². The summed E-state index contributed by atoms with van der Waals surface area (Å²) >= 11 is 0. The molecule has 1 amide bonds. The van der Waals surface area contributed by atoms with Gasteiger partial charge in [-0.3, -0.25) is 14.4 Å². The SMILES string of the molecule is CCOCCN1CCN(C(=O)c2ccn(C3CCCNC3)n2)CC1CC. The van der Waals surface area contributed by atoms with Crippen LogP contribution in [0.1, 0.15) is 49.6 Å². The zero-order valence-corrected chi connectivity index (χ0v) is 16.2. The molecule has 1 N–H and O–H groups in total. The minimum atomic E-state index is 0.0652. The van der Waals surface area contributed by atoms with Crippen molar-refractivity contribution < 1.29 is 9.53 Å². The standard InChI is InChI=1S/C19H33N5O2/c1-3-16-15-23(11-10-22(16)12-13-26-4-2)19(25)18-7-9-24(21-18)17-6-5-8-20-14-17/h7,9,16-17,20H,3-6,8,10-15H2,1-2H3. The van der Waals surface area contributed by atoms with Crippen LogP contribution < -0.4 is 5.32 Å². The van der Waals surface area contributed by atoms with Crippen LogP contribution in [0, 0.1) is 0 Å². The molecule has 7 nitrogen and oxygen atoms in total. The zero-order chi connectivity index (χ0) is 18.4. The van der Waals surface area contributed by atoms with Crippen LogP contribution in [-0.4, -0.2) is 84.0 Å². The van der Waals surface area contributed by atoms with E-state index in [1.54, 1.807) is 0 Å². The van der Waals surface area contributed by atoms with Gasteiger partial charge in [0.25, 0.3) is 5.91 Å². The molecule has 0 aromatic carbocycles. The van der Waals surface area contributed by atoms with E-state index in [-0.39, 0.29) is 5.91 Å². The zero-order valence-electron chi connectivity index (χ0n) is 16.2. The number of hydrogen-bond acceptors (Lipinski definition) is 5. The molecule has 2 aliphatic rings. The highest BCUT2D eigenvalue weighted by atomic mass is 16.5. The second-order valence-electron chi connectivity index (χ2n) is 7.23. The van der Waals surface area contributed by atoms with E-state index in [1.165, 1.54) is 0 Å². The fourth-order valence-electron chi connectivity index (χ4n) is 3.96. The quantitative estimate of drug-likeness (QED) is 0.742. The normalized spacial score (nSPS) is 24.8. The summed E-state index contributed by atoms with van der Waals surface area (Å²) in [6.07, 6.45) is 5.28. The van der Waals surface area contributed by atoms with E-state index in [4.69, 9.17) is 4.74 Å². The van der Waals surface area contributed by atoms with Crippen molar-refractivity contribution in [3.8, 4) is 0 Å². The lowest BCUT2D eigenvalue weighted by Gasteiger charge is -2.41. The van der Waals surface area contributed by atoms with Crippen LogP contribution in [0.5, 0.6) is 0 Å². The van der Waals surface area contributed by atoms with E-state index in [1.807, 2.05) is 28.8 Å². The number of piperidine rings is 1. The average molecular weight is 364 g/mol. The first-order valence-corrected chi connectivity index (χ1v) is 10.1. The summed E-state index contributed by atoms with van der Waals surface area (Å²) in [5.74, 6) is 0.0652. The minimum absolute atomic E-state index is 0.0652. The van der Waals surface area contributed by atoms with Crippen LogP contribution in [0.4, 0.5) is 0 Å². The number of piperazine rings is 1. The van der Waals surface area contributed by atoms with Crippen molar-refractivity contribution in [1.82, 2.24) is 24.9 Å². The van der Waals surface area contributed by atoms with Gasteiger partial charge < -0.3 is 15.0 Å².